The molecule has 5 nitrogen and oxygen atoms in total. The molecule has 1 aromatic rings. The van der Waals surface area contributed by atoms with Gasteiger partial charge < -0.3 is 18.9 Å². The van der Waals surface area contributed by atoms with E-state index in [2.05, 4.69) is 19.9 Å². The van der Waals surface area contributed by atoms with Gasteiger partial charge in [-0.25, -0.2) is 0 Å². The van der Waals surface area contributed by atoms with Crippen molar-refractivity contribution in [3.63, 3.8) is 0 Å². The summed E-state index contributed by atoms with van der Waals surface area (Å²) in [5.41, 5.74) is 3.62. The topological polar surface area (TPSA) is 54.0 Å². The predicted molar refractivity (Wildman–Crippen MR) is 123 cm³/mol. The van der Waals surface area contributed by atoms with Crippen molar-refractivity contribution in [2.75, 3.05) is 14.2 Å². The lowest BCUT2D eigenvalue weighted by Gasteiger charge is -2.38. The Hall–Kier alpha value is -2.11. The Balaban J connectivity index is 1.64. The van der Waals surface area contributed by atoms with Crippen LogP contribution in [0.5, 0.6) is 5.75 Å². The number of rotatable bonds is 6. The number of Topliss-reactive ketones (excluding diaryl/α,β-unsaturated/α-hetero) is 1. The van der Waals surface area contributed by atoms with E-state index in [4.69, 9.17) is 18.9 Å². The van der Waals surface area contributed by atoms with Crippen molar-refractivity contribution in [2.24, 2.45) is 17.8 Å². The molecule has 32 heavy (non-hydrogen) atoms. The highest BCUT2D eigenvalue weighted by Crippen LogP contribution is 2.52. The van der Waals surface area contributed by atoms with Crippen molar-refractivity contribution >= 4 is 5.78 Å². The van der Waals surface area contributed by atoms with Gasteiger partial charge in [0.25, 0.3) is 0 Å². The van der Waals surface area contributed by atoms with E-state index in [9.17, 15) is 4.79 Å². The van der Waals surface area contributed by atoms with Crippen LogP contribution in [-0.4, -0.2) is 38.3 Å². The SMILES string of the molecule is COC1=C(C)C[C@H](C(C)=O)[C@H]2[C@H]3O[C@H](C/C(C)=C\CC[C@H]3OCc3ccc(OC)cc3)[C@@H]12. The van der Waals surface area contributed by atoms with Gasteiger partial charge in [-0.15, -0.1) is 0 Å². The molecule has 0 unspecified atom stereocenters. The Morgan fingerprint density at radius 1 is 1.09 bits per heavy atom. The average molecular weight is 441 g/mol. The minimum absolute atomic E-state index is 0.0125. The Labute approximate surface area is 191 Å². The lowest BCUT2D eigenvalue weighted by Crippen LogP contribution is -2.43. The number of ketones is 1. The third-order valence-corrected chi connectivity index (χ3v) is 7.44. The number of hydrogen-bond donors (Lipinski definition) is 0. The average Bonchev–Trinajstić information content (AvgIpc) is 3.17. The molecule has 4 rings (SSSR count). The molecule has 0 amide bonds. The first-order valence-electron chi connectivity index (χ1n) is 11.7. The standard InChI is InChI=1S/C27H36O5/c1-16-7-6-8-22(31-15-19-9-11-20(29-4)12-10-19)27-24-21(18(3)28)14-17(2)26(30-5)25(24)23(13-16)32-27/h7,9-12,21-25,27H,6,8,13-15H2,1-5H3/b16-7-/t21-,22-,23-,24-,25-,27+/m1/s1. The van der Waals surface area contributed by atoms with Crippen molar-refractivity contribution in [3.05, 3.63) is 52.8 Å². The van der Waals surface area contributed by atoms with E-state index in [1.807, 2.05) is 24.3 Å². The van der Waals surface area contributed by atoms with E-state index in [0.29, 0.717) is 6.61 Å². The molecule has 0 spiro atoms. The quantitative estimate of drug-likeness (QED) is 0.566. The number of carbonyl (C=O) groups excluding carboxylic acids is 1. The first kappa shape index (κ1) is 23.1. The van der Waals surface area contributed by atoms with E-state index in [-0.39, 0.29) is 41.8 Å². The monoisotopic (exact) mass is 440 g/mol. The highest BCUT2D eigenvalue weighted by molar-refractivity contribution is 5.79. The molecule has 1 fully saturated rings. The highest BCUT2D eigenvalue weighted by Gasteiger charge is 2.56. The smallest absolute Gasteiger partial charge is 0.133 e. The van der Waals surface area contributed by atoms with E-state index in [1.165, 1.54) is 11.1 Å². The number of fused-ring (bicyclic) bond motifs is 5. The van der Waals surface area contributed by atoms with Gasteiger partial charge in [-0.3, -0.25) is 4.79 Å². The predicted octanol–water partition coefficient (Wildman–Crippen LogP) is 5.24. The molecule has 2 aliphatic heterocycles. The molecule has 2 heterocycles. The maximum absolute atomic E-state index is 12.7. The van der Waals surface area contributed by atoms with Gasteiger partial charge in [0.1, 0.15) is 17.3 Å². The summed E-state index contributed by atoms with van der Waals surface area (Å²) in [6.07, 6.45) is 5.59. The fourth-order valence-corrected chi connectivity index (χ4v) is 5.90. The minimum Gasteiger partial charge on any atom is -0.501 e. The van der Waals surface area contributed by atoms with E-state index < -0.39 is 0 Å². The normalized spacial score (nSPS) is 34.0. The number of benzene rings is 1. The number of carbonyl (C=O) groups is 1. The lowest BCUT2D eigenvalue weighted by atomic mass is 9.66. The number of hydrogen-bond acceptors (Lipinski definition) is 5. The molecule has 1 aliphatic carbocycles. The van der Waals surface area contributed by atoms with Crippen LogP contribution in [0.25, 0.3) is 0 Å². The Morgan fingerprint density at radius 3 is 2.50 bits per heavy atom. The molecule has 3 aliphatic rings. The molecular weight excluding hydrogens is 404 g/mol. The van der Waals surface area contributed by atoms with Gasteiger partial charge in [0.2, 0.25) is 0 Å². The summed E-state index contributed by atoms with van der Waals surface area (Å²) in [5.74, 6) is 2.22. The highest BCUT2D eigenvalue weighted by atomic mass is 16.6. The van der Waals surface area contributed by atoms with Crippen LogP contribution in [0.4, 0.5) is 0 Å². The van der Waals surface area contributed by atoms with Gasteiger partial charge >= 0.3 is 0 Å². The van der Waals surface area contributed by atoms with E-state index >= 15 is 0 Å². The van der Waals surface area contributed by atoms with Gasteiger partial charge in [0.15, 0.2) is 0 Å². The molecule has 1 saturated heterocycles. The van der Waals surface area contributed by atoms with Crippen LogP contribution in [0.2, 0.25) is 0 Å². The summed E-state index contributed by atoms with van der Waals surface area (Å²) in [4.78, 5) is 12.7. The zero-order chi connectivity index (χ0) is 22.8. The number of methoxy groups -OCH3 is 2. The van der Waals surface area contributed by atoms with Crippen LogP contribution in [0.1, 0.15) is 52.0 Å². The Kier molecular flexibility index (Phi) is 7.06. The van der Waals surface area contributed by atoms with E-state index in [0.717, 1.165) is 42.8 Å². The summed E-state index contributed by atoms with van der Waals surface area (Å²) >= 11 is 0. The van der Waals surface area contributed by atoms with Crippen molar-refractivity contribution in [1.29, 1.82) is 0 Å². The molecule has 0 radical (unpaired) electrons. The summed E-state index contributed by atoms with van der Waals surface area (Å²) in [6.45, 7) is 6.51. The molecule has 0 saturated carbocycles. The zero-order valence-electron chi connectivity index (χ0n) is 19.9. The molecule has 1 aromatic carbocycles. The summed E-state index contributed by atoms with van der Waals surface area (Å²) in [6, 6.07) is 7.98. The molecule has 6 atom stereocenters. The second-order valence-corrected chi connectivity index (χ2v) is 9.54. The van der Waals surface area contributed by atoms with Gasteiger partial charge in [-0.2, -0.15) is 0 Å². The van der Waals surface area contributed by atoms with Crippen LogP contribution in [-0.2, 0) is 25.6 Å². The van der Waals surface area contributed by atoms with Gasteiger partial charge in [0.05, 0.1) is 39.1 Å². The second-order valence-electron chi connectivity index (χ2n) is 9.54. The first-order chi connectivity index (χ1) is 15.4. The third kappa shape index (κ3) is 4.51. The van der Waals surface area contributed by atoms with Crippen LogP contribution in [0.15, 0.2) is 47.2 Å². The maximum Gasteiger partial charge on any atom is 0.133 e. The van der Waals surface area contributed by atoms with Crippen LogP contribution in [0, 0.1) is 17.8 Å². The first-order valence-corrected chi connectivity index (χ1v) is 11.7. The summed E-state index contributed by atoms with van der Waals surface area (Å²) < 4.78 is 24.4. The third-order valence-electron chi connectivity index (χ3n) is 7.44. The number of ether oxygens (including phenoxy) is 4. The zero-order valence-corrected chi connectivity index (χ0v) is 19.9. The molecular formula is C27H36O5. The summed E-state index contributed by atoms with van der Waals surface area (Å²) in [5, 5.41) is 0. The fraction of sp³-hybridized carbons (Fsp3) is 0.593. The second kappa shape index (κ2) is 9.80. The van der Waals surface area contributed by atoms with Gasteiger partial charge in [-0.1, -0.05) is 23.8 Å². The van der Waals surface area contributed by atoms with Crippen LogP contribution >= 0.6 is 0 Å². The van der Waals surface area contributed by atoms with Crippen molar-refractivity contribution in [1.82, 2.24) is 0 Å². The molecule has 5 heteroatoms. The largest absolute Gasteiger partial charge is 0.501 e. The number of allylic oxidation sites excluding steroid dienone is 2. The van der Waals surface area contributed by atoms with Crippen LogP contribution < -0.4 is 4.74 Å². The summed E-state index contributed by atoms with van der Waals surface area (Å²) in [7, 11) is 3.42. The van der Waals surface area contributed by atoms with Crippen molar-refractivity contribution in [2.45, 2.75) is 71.4 Å². The van der Waals surface area contributed by atoms with Crippen LogP contribution in [0.3, 0.4) is 0 Å². The molecule has 0 aromatic heterocycles. The lowest BCUT2D eigenvalue weighted by molar-refractivity contribution is -0.127. The van der Waals surface area contributed by atoms with Crippen molar-refractivity contribution in [3.8, 4) is 5.75 Å². The van der Waals surface area contributed by atoms with Gasteiger partial charge in [0, 0.05) is 17.8 Å². The fourth-order valence-electron chi connectivity index (χ4n) is 5.90. The molecule has 174 valence electrons. The van der Waals surface area contributed by atoms with Crippen molar-refractivity contribution < 1.29 is 23.7 Å². The maximum atomic E-state index is 12.7. The Morgan fingerprint density at radius 2 is 1.84 bits per heavy atom. The van der Waals surface area contributed by atoms with E-state index in [1.54, 1.807) is 21.1 Å². The molecule has 2 bridgehead atoms. The molecule has 0 N–H and O–H groups in total. The van der Waals surface area contributed by atoms with Gasteiger partial charge in [-0.05, 0) is 69.7 Å². The minimum atomic E-state index is -0.116. The Bertz CT molecular complexity index is 884.